The molecule has 0 N–H and O–H groups in total. The van der Waals surface area contributed by atoms with Crippen LogP contribution in [0.1, 0.15) is 38.5 Å². The van der Waals surface area contributed by atoms with E-state index in [2.05, 4.69) is 115 Å². The third-order valence-corrected chi connectivity index (χ3v) is 13.1. The Morgan fingerprint density at radius 1 is 0.585 bits per heavy atom. The Kier molecular flexibility index (Phi) is 14.5. The summed E-state index contributed by atoms with van der Waals surface area (Å²) < 4.78 is 0. The van der Waals surface area contributed by atoms with Gasteiger partial charge in [0.1, 0.15) is 0 Å². The van der Waals surface area contributed by atoms with Crippen LogP contribution in [0.5, 0.6) is 0 Å². The summed E-state index contributed by atoms with van der Waals surface area (Å²) in [4.78, 5) is 0. The molecule has 0 aromatic heterocycles. The molecule has 1 aliphatic carbocycles. The van der Waals surface area contributed by atoms with Crippen molar-refractivity contribution >= 4 is 27.0 Å². The maximum Gasteiger partial charge on any atom is -0.0259 e. The Morgan fingerprint density at radius 2 is 1.07 bits per heavy atom. The van der Waals surface area contributed by atoms with Crippen LogP contribution in [0.4, 0.5) is 0 Å². The van der Waals surface area contributed by atoms with Gasteiger partial charge in [0, 0.05) is 0 Å². The van der Waals surface area contributed by atoms with Crippen molar-refractivity contribution in [2.24, 2.45) is 0 Å². The zero-order valence-electron chi connectivity index (χ0n) is 23.5. The third kappa shape index (κ3) is 9.72. The molecule has 0 amide bonds. The number of halogens is 2. The SMILES string of the molecule is [C-]1=CC=CC1.[Cl-].[Cl-].[Zr+2]=[Si]1CCCCCCC1.c1ccc(-c2ccc3c(c2)[cH-]c2cc(-c4ccccc4)ccc23)cc1. The van der Waals surface area contributed by atoms with Crippen LogP contribution < -0.4 is 24.8 Å². The zero-order valence-corrected chi connectivity index (χ0v) is 28.4. The number of benzene rings is 4. The molecule has 0 atom stereocenters. The first-order valence-electron chi connectivity index (χ1n) is 14.3. The van der Waals surface area contributed by atoms with Gasteiger partial charge in [-0.1, -0.05) is 96.1 Å². The Labute approximate surface area is 273 Å². The molecule has 0 spiro atoms. The van der Waals surface area contributed by atoms with Crippen LogP contribution in [0.2, 0.25) is 12.1 Å². The molecule has 1 aliphatic heterocycles. The molecule has 0 saturated carbocycles. The molecule has 0 unspecified atom stereocenters. The van der Waals surface area contributed by atoms with Gasteiger partial charge >= 0.3 is 73.0 Å². The van der Waals surface area contributed by atoms with Gasteiger partial charge in [-0.3, -0.25) is 6.08 Å². The Balaban J connectivity index is 0.000000240. The van der Waals surface area contributed by atoms with E-state index in [1.165, 1.54) is 63.1 Å². The number of allylic oxidation sites excluding steroid dienone is 4. The predicted octanol–water partition coefficient (Wildman–Crippen LogP) is 4.85. The van der Waals surface area contributed by atoms with Crippen LogP contribution in [0.15, 0.2) is 121 Å². The molecule has 4 heteroatoms. The van der Waals surface area contributed by atoms with Crippen molar-refractivity contribution in [3.8, 4) is 22.3 Å². The van der Waals surface area contributed by atoms with Crippen molar-refractivity contribution in [1.82, 2.24) is 0 Å². The van der Waals surface area contributed by atoms with Gasteiger partial charge in [-0.15, -0.1) is 46.2 Å². The maximum absolute atomic E-state index is 2.99. The number of rotatable bonds is 2. The van der Waals surface area contributed by atoms with Crippen LogP contribution in [0.3, 0.4) is 0 Å². The molecule has 0 bridgehead atoms. The van der Waals surface area contributed by atoms with Crippen molar-refractivity contribution in [1.29, 1.82) is 0 Å². The zero-order chi connectivity index (χ0) is 26.7. The molecular formula is C37H36Cl2SiZr-2. The van der Waals surface area contributed by atoms with Crippen molar-refractivity contribution in [2.75, 3.05) is 0 Å². The Morgan fingerprint density at radius 3 is 1.49 bits per heavy atom. The van der Waals surface area contributed by atoms with Gasteiger partial charge in [-0.25, -0.2) is 12.2 Å². The van der Waals surface area contributed by atoms with Crippen LogP contribution in [0, 0.1) is 6.08 Å². The minimum absolute atomic E-state index is 0. The Hall–Kier alpha value is -2.09. The van der Waals surface area contributed by atoms with Crippen LogP contribution in [0.25, 0.3) is 43.8 Å². The fourth-order valence-corrected chi connectivity index (χ4v) is 9.53. The summed E-state index contributed by atoms with van der Waals surface area (Å²) in [6.45, 7) is 0. The molecule has 1 heterocycles. The first-order chi connectivity index (χ1) is 19.3. The van der Waals surface area contributed by atoms with Gasteiger partial charge in [-0.05, 0) is 11.1 Å². The van der Waals surface area contributed by atoms with Gasteiger partial charge < -0.3 is 24.8 Å². The van der Waals surface area contributed by atoms with E-state index in [-0.39, 0.29) is 30.2 Å². The van der Waals surface area contributed by atoms with Crippen LogP contribution in [-0.4, -0.2) is 5.43 Å². The van der Waals surface area contributed by atoms with E-state index in [4.69, 9.17) is 0 Å². The monoisotopic (exact) mass is 668 g/mol. The molecule has 41 heavy (non-hydrogen) atoms. The van der Waals surface area contributed by atoms with E-state index in [1.807, 2.05) is 35.5 Å². The maximum atomic E-state index is 2.99. The van der Waals surface area contributed by atoms with E-state index in [0.717, 1.165) is 6.42 Å². The molecule has 5 aromatic rings. The largest absolute Gasteiger partial charge is 0.126 e. The average molecular weight is 671 g/mol. The van der Waals surface area contributed by atoms with Crippen molar-refractivity contribution in [3.05, 3.63) is 127 Å². The second kappa shape index (κ2) is 17.8. The van der Waals surface area contributed by atoms with E-state index < -0.39 is 0 Å². The van der Waals surface area contributed by atoms with E-state index in [9.17, 15) is 0 Å². The predicted molar refractivity (Wildman–Crippen MR) is 168 cm³/mol. The minimum Gasteiger partial charge on any atom is -0.126 e. The fraction of sp³-hybridized carbons (Fsp3) is 0.216. The standard InChI is InChI=1S/C25H17.C7H14Si.C5H5.2ClH.Zr/c1-3-7-18(8-4-1)20-11-13-24-22(15-20)17-23-16-21(12-14-25(23)24)19-9-5-2-6-10-19;1-2-4-6-8-7-5-3-1;1-2-4-5-3-1;;;/h1-17H;1-7H2;1-3H,4H2;2*1H;/q-1;;-1;;;+2/p-2. The smallest absolute Gasteiger partial charge is 0.0259 e. The average Bonchev–Trinajstić information content (AvgIpc) is 3.68. The summed E-state index contributed by atoms with van der Waals surface area (Å²) >= 11 is 1.88. The molecule has 1 fully saturated rings. The minimum atomic E-state index is 0. The molecular weight excluding hydrogens is 635 g/mol. The van der Waals surface area contributed by atoms with Gasteiger partial charge in [-0.2, -0.15) is 6.08 Å². The van der Waals surface area contributed by atoms with Crippen molar-refractivity contribution in [2.45, 2.75) is 50.6 Å². The quantitative estimate of drug-likeness (QED) is 0.186. The second-order valence-electron chi connectivity index (χ2n) is 10.4. The topological polar surface area (TPSA) is 0 Å². The third-order valence-electron chi connectivity index (χ3n) is 7.46. The molecule has 7 rings (SSSR count). The number of hydrogen-bond donors (Lipinski definition) is 0. The normalized spacial score (nSPS) is 14.0. The van der Waals surface area contributed by atoms with Gasteiger partial charge in [0.15, 0.2) is 0 Å². The molecule has 208 valence electrons. The summed E-state index contributed by atoms with van der Waals surface area (Å²) in [6, 6.07) is 40.3. The Bertz CT molecular complexity index is 1460. The molecule has 0 nitrogen and oxygen atoms in total. The number of hydrogen-bond acceptors (Lipinski definition) is 0. The van der Waals surface area contributed by atoms with E-state index in [0.29, 0.717) is 0 Å². The fourth-order valence-electron chi connectivity index (χ4n) is 5.32. The second-order valence-corrected chi connectivity index (χ2v) is 17.8. The molecule has 5 aromatic carbocycles. The van der Waals surface area contributed by atoms with Crippen LogP contribution in [-0.2, 0) is 23.3 Å². The summed E-state index contributed by atoms with van der Waals surface area (Å²) in [6.07, 6.45) is 17.7. The number of fused-ring (bicyclic) bond motifs is 3. The molecule has 2 aliphatic rings. The summed E-state index contributed by atoms with van der Waals surface area (Å²) in [5, 5.41) is 5.27. The first-order valence-corrected chi connectivity index (χ1v) is 19.9. The van der Waals surface area contributed by atoms with E-state index >= 15 is 0 Å². The van der Waals surface area contributed by atoms with E-state index in [1.54, 1.807) is 24.9 Å². The van der Waals surface area contributed by atoms with Crippen LogP contribution >= 0.6 is 0 Å². The molecule has 0 radical (unpaired) electrons. The van der Waals surface area contributed by atoms with Gasteiger partial charge in [0.25, 0.3) is 0 Å². The van der Waals surface area contributed by atoms with Gasteiger partial charge in [0.05, 0.1) is 0 Å². The molecule has 1 saturated heterocycles. The van der Waals surface area contributed by atoms with Gasteiger partial charge in [0.2, 0.25) is 0 Å². The van der Waals surface area contributed by atoms with Crippen molar-refractivity contribution in [3.63, 3.8) is 0 Å². The summed E-state index contributed by atoms with van der Waals surface area (Å²) in [5.74, 6) is 0. The summed E-state index contributed by atoms with van der Waals surface area (Å²) in [7, 11) is 0. The van der Waals surface area contributed by atoms with Crippen molar-refractivity contribution < 1.29 is 48.1 Å². The first kappa shape index (κ1) is 33.4. The summed E-state index contributed by atoms with van der Waals surface area (Å²) in [5.41, 5.74) is 5.31.